The molecule has 4 rings (SSSR count). The number of rotatable bonds is 4. The van der Waals surface area contributed by atoms with E-state index in [2.05, 4.69) is 0 Å². The first-order chi connectivity index (χ1) is 14.5. The van der Waals surface area contributed by atoms with Crippen molar-refractivity contribution >= 4 is 32.8 Å². The van der Waals surface area contributed by atoms with Gasteiger partial charge >= 0.3 is 5.97 Å². The van der Waals surface area contributed by atoms with Gasteiger partial charge in [-0.2, -0.15) is 0 Å². The zero-order valence-corrected chi connectivity index (χ0v) is 18.0. The minimum Gasteiger partial charge on any atom is -0.497 e. The van der Waals surface area contributed by atoms with Crippen molar-refractivity contribution in [2.45, 2.75) is 13.0 Å². The first kappa shape index (κ1) is 20.0. The topological polar surface area (TPSA) is 59.1 Å². The minimum atomic E-state index is -0.611. The van der Waals surface area contributed by atoms with Gasteiger partial charge in [0.05, 0.1) is 25.8 Å². The molecule has 2 aliphatic heterocycles. The molecular formula is C23H22N2O4S. The number of carbonyl (C=O) groups is 2. The number of fused-ring (bicyclic) bond motifs is 1. The lowest BCUT2D eigenvalue weighted by molar-refractivity contribution is -0.137. The lowest BCUT2D eigenvalue weighted by Crippen LogP contribution is -2.51. The Hall–Kier alpha value is -3.32. The molecule has 0 unspecified atom stereocenters. The van der Waals surface area contributed by atoms with Crippen LogP contribution in [-0.2, 0) is 14.3 Å². The predicted molar refractivity (Wildman–Crippen MR) is 118 cm³/mol. The molecule has 2 aromatic rings. The fourth-order valence-electron chi connectivity index (χ4n) is 3.76. The number of methoxy groups -OCH3 is 2. The molecule has 2 aliphatic rings. The van der Waals surface area contributed by atoms with E-state index >= 15 is 0 Å². The summed E-state index contributed by atoms with van der Waals surface area (Å²) < 4.78 is 10.5. The van der Waals surface area contributed by atoms with Crippen molar-refractivity contribution in [1.29, 1.82) is 0 Å². The summed E-state index contributed by atoms with van der Waals surface area (Å²) in [7, 11) is 6.22. The molecule has 154 valence electrons. The quantitative estimate of drug-likeness (QED) is 0.560. The Labute approximate surface area is 178 Å². The fourth-order valence-corrected chi connectivity index (χ4v) is 4.94. The van der Waals surface area contributed by atoms with Crippen molar-refractivity contribution in [2.24, 2.45) is 0 Å². The fraction of sp³-hybridized carbons (Fsp3) is 0.217. The molecule has 6 nitrogen and oxygen atoms in total. The highest BCUT2D eigenvalue weighted by Crippen LogP contribution is 2.40. The second-order valence-electron chi connectivity index (χ2n) is 6.98. The third-order valence-electron chi connectivity index (χ3n) is 5.37. The Morgan fingerprint density at radius 1 is 1.07 bits per heavy atom. The zero-order valence-electron chi connectivity index (χ0n) is 17.2. The molecule has 0 N–H and O–H groups in total. The standard InChI is InChI=1S/C23H22N2O4S/c1-14-18(22(27)29-4)19(16-11-8-12-17(13-16)28-3)25-21(26)20(30-23(25)24(14)2)15-9-6-5-7-10-15/h5-13,19H,1-4H3/t19-/m0/s1. The van der Waals surface area contributed by atoms with Crippen molar-refractivity contribution in [1.82, 2.24) is 9.80 Å². The van der Waals surface area contributed by atoms with E-state index in [4.69, 9.17) is 9.47 Å². The van der Waals surface area contributed by atoms with Gasteiger partial charge in [-0.3, -0.25) is 9.69 Å². The molecule has 0 saturated carbocycles. The number of allylic oxidation sites excluding steroid dienone is 1. The molecule has 0 aliphatic carbocycles. The second kappa shape index (κ2) is 7.84. The van der Waals surface area contributed by atoms with Crippen LogP contribution in [0.15, 0.2) is 65.9 Å². The average molecular weight is 423 g/mol. The van der Waals surface area contributed by atoms with E-state index in [9.17, 15) is 9.59 Å². The molecule has 2 aromatic carbocycles. The van der Waals surface area contributed by atoms with Gasteiger partial charge in [-0.25, -0.2) is 4.79 Å². The van der Waals surface area contributed by atoms with Crippen LogP contribution in [0.4, 0.5) is 0 Å². The minimum absolute atomic E-state index is 0.144. The summed E-state index contributed by atoms with van der Waals surface area (Å²) in [5, 5.41) is 0.761. The Kier molecular flexibility index (Phi) is 5.22. The highest BCUT2D eigenvalue weighted by molar-refractivity contribution is 8.00. The number of benzene rings is 2. The van der Waals surface area contributed by atoms with Crippen molar-refractivity contribution in [2.75, 3.05) is 21.3 Å². The van der Waals surface area contributed by atoms with Gasteiger partial charge in [-0.1, -0.05) is 53.4 Å². The molecular weight excluding hydrogens is 400 g/mol. The lowest BCUT2D eigenvalue weighted by Gasteiger charge is -2.41. The molecule has 1 atom stereocenters. The molecule has 30 heavy (non-hydrogen) atoms. The average Bonchev–Trinajstić information content (AvgIpc) is 3.13. The van der Waals surface area contributed by atoms with Crippen molar-refractivity contribution in [3.05, 3.63) is 77.0 Å². The highest BCUT2D eigenvalue weighted by Gasteiger charge is 2.45. The van der Waals surface area contributed by atoms with E-state index in [1.54, 1.807) is 12.0 Å². The summed E-state index contributed by atoms with van der Waals surface area (Å²) in [5.41, 5.74) is 2.81. The van der Waals surface area contributed by atoms with Gasteiger partial charge in [0.25, 0.3) is 5.91 Å². The SMILES string of the molecule is COC(=O)C1=C(C)N(C)C2=S=C(c3ccccc3)C(=O)N2[C@H]1c1cccc(OC)c1. The number of amides is 1. The largest absolute Gasteiger partial charge is 0.497 e. The monoisotopic (exact) mass is 422 g/mol. The summed E-state index contributed by atoms with van der Waals surface area (Å²) in [6.45, 7) is 1.87. The van der Waals surface area contributed by atoms with Gasteiger partial charge < -0.3 is 14.4 Å². The number of hydrogen-bond donors (Lipinski definition) is 0. The predicted octanol–water partition coefficient (Wildman–Crippen LogP) is 3.01. The molecule has 0 radical (unpaired) electrons. The summed E-state index contributed by atoms with van der Waals surface area (Å²) >= 11 is 0. The molecule has 2 heterocycles. The number of esters is 1. The van der Waals surface area contributed by atoms with Crippen LogP contribution >= 0.6 is 10.9 Å². The number of hydrogen-bond acceptors (Lipinski definition) is 5. The van der Waals surface area contributed by atoms with E-state index in [0.29, 0.717) is 16.2 Å². The molecule has 1 amide bonds. The van der Waals surface area contributed by atoms with Crippen molar-refractivity contribution in [3.63, 3.8) is 0 Å². The van der Waals surface area contributed by atoms with Crippen LogP contribution in [0.5, 0.6) is 5.75 Å². The molecule has 7 heteroatoms. The van der Waals surface area contributed by atoms with Gasteiger partial charge in [-0.15, -0.1) is 0 Å². The van der Waals surface area contributed by atoms with Gasteiger partial charge in [0, 0.05) is 12.7 Å². The van der Waals surface area contributed by atoms with Crippen LogP contribution in [0.1, 0.15) is 24.1 Å². The van der Waals surface area contributed by atoms with E-state index in [0.717, 1.165) is 21.9 Å². The molecule has 0 saturated heterocycles. The van der Waals surface area contributed by atoms with Crippen LogP contribution in [-0.4, -0.2) is 52.9 Å². The van der Waals surface area contributed by atoms with E-state index in [1.165, 1.54) is 18.0 Å². The van der Waals surface area contributed by atoms with Crippen LogP contribution in [0, 0.1) is 0 Å². The summed E-state index contributed by atoms with van der Waals surface area (Å²) in [4.78, 5) is 30.6. The number of ether oxygens (including phenoxy) is 2. The number of carbonyl (C=O) groups excluding carboxylic acids is 2. The van der Waals surface area contributed by atoms with Crippen LogP contribution in [0.3, 0.4) is 0 Å². The summed E-state index contributed by atoms with van der Waals surface area (Å²) in [6.07, 6.45) is 0. The van der Waals surface area contributed by atoms with Gasteiger partial charge in [0.2, 0.25) is 0 Å². The van der Waals surface area contributed by atoms with Gasteiger partial charge in [0.1, 0.15) is 10.6 Å². The van der Waals surface area contributed by atoms with E-state index in [-0.39, 0.29) is 5.91 Å². The first-order valence-electron chi connectivity index (χ1n) is 9.45. The molecule has 0 fully saturated rings. The van der Waals surface area contributed by atoms with Gasteiger partial charge in [-0.05, 0) is 30.2 Å². The zero-order chi connectivity index (χ0) is 21.4. The third kappa shape index (κ3) is 3.11. The van der Waals surface area contributed by atoms with Crippen LogP contribution in [0.25, 0.3) is 0 Å². The Morgan fingerprint density at radius 2 is 1.80 bits per heavy atom. The van der Waals surface area contributed by atoms with Crippen molar-refractivity contribution < 1.29 is 19.1 Å². The Bertz CT molecular complexity index is 1130. The summed E-state index contributed by atoms with van der Waals surface area (Å²) in [6, 6.07) is 16.4. The molecule has 0 bridgehead atoms. The smallest absolute Gasteiger partial charge is 0.337 e. The number of nitrogens with zero attached hydrogens (tertiary/aromatic N) is 2. The first-order valence-corrected chi connectivity index (χ1v) is 10.3. The van der Waals surface area contributed by atoms with Gasteiger partial charge in [0.15, 0.2) is 5.11 Å². The lowest BCUT2D eigenvalue weighted by atomic mass is 9.92. The normalized spacial score (nSPS) is 18.4. The Balaban J connectivity index is 1.93. The van der Waals surface area contributed by atoms with E-state index in [1.807, 2.05) is 73.5 Å². The van der Waals surface area contributed by atoms with Crippen LogP contribution < -0.4 is 4.74 Å². The van der Waals surface area contributed by atoms with Crippen molar-refractivity contribution in [3.8, 4) is 5.75 Å². The maximum absolute atomic E-state index is 13.6. The second-order valence-corrected chi connectivity index (χ2v) is 7.96. The maximum Gasteiger partial charge on any atom is 0.337 e. The summed E-state index contributed by atoms with van der Waals surface area (Å²) in [5.74, 6) is 0.0494. The third-order valence-corrected chi connectivity index (χ3v) is 6.64. The van der Waals surface area contributed by atoms with E-state index < -0.39 is 12.0 Å². The Morgan fingerprint density at radius 3 is 2.47 bits per heavy atom. The van der Waals surface area contributed by atoms with Crippen LogP contribution in [0.2, 0.25) is 0 Å². The maximum atomic E-state index is 13.6. The highest BCUT2D eigenvalue weighted by atomic mass is 32.1. The molecule has 0 aromatic heterocycles. The molecule has 0 spiro atoms.